The highest BCUT2D eigenvalue weighted by molar-refractivity contribution is 6.41. The molecule has 24 heavy (non-hydrogen) atoms. The highest BCUT2D eigenvalue weighted by Gasteiger charge is 2.32. The van der Waals surface area contributed by atoms with Crippen molar-refractivity contribution in [3.8, 4) is 5.75 Å². The van der Waals surface area contributed by atoms with E-state index in [-0.39, 0.29) is 17.1 Å². The van der Waals surface area contributed by atoms with Gasteiger partial charge in [-0.3, -0.25) is 9.59 Å². The van der Waals surface area contributed by atoms with Crippen molar-refractivity contribution in [3.05, 3.63) is 70.8 Å². The fourth-order valence-corrected chi connectivity index (χ4v) is 2.47. The Bertz CT molecular complexity index is 825. The molecule has 1 aliphatic carbocycles. The highest BCUT2D eigenvalue weighted by Crippen LogP contribution is 2.28. The Labute approximate surface area is 138 Å². The van der Waals surface area contributed by atoms with E-state index in [9.17, 15) is 14.4 Å². The van der Waals surface area contributed by atoms with Crippen LogP contribution in [-0.2, 0) is 4.79 Å². The molecule has 2 aromatic rings. The van der Waals surface area contributed by atoms with Crippen LogP contribution in [0.15, 0.2) is 54.1 Å². The zero-order valence-electron chi connectivity index (χ0n) is 12.9. The number of hydrogen-bond acceptors (Lipinski definition) is 4. The second kappa shape index (κ2) is 6.12. The van der Waals surface area contributed by atoms with E-state index in [0.29, 0.717) is 22.4 Å². The first-order valence-corrected chi connectivity index (χ1v) is 7.37. The number of fused-ring (bicyclic) bond motifs is 1. The summed E-state index contributed by atoms with van der Waals surface area (Å²) in [4.78, 5) is 35.4. The molecule has 120 valence electrons. The summed E-state index contributed by atoms with van der Waals surface area (Å²) in [6, 6.07) is 13.3. The molecule has 1 N–H and O–H groups in total. The van der Waals surface area contributed by atoms with Gasteiger partial charge in [0, 0.05) is 11.1 Å². The number of hydrogen-bond donors (Lipinski definition) is 1. The van der Waals surface area contributed by atoms with Crippen molar-refractivity contribution in [1.82, 2.24) is 0 Å². The molecule has 0 saturated heterocycles. The normalized spacial score (nSPS) is 14.3. The van der Waals surface area contributed by atoms with Crippen LogP contribution >= 0.6 is 0 Å². The van der Waals surface area contributed by atoms with Gasteiger partial charge < -0.3 is 9.84 Å². The van der Waals surface area contributed by atoms with E-state index >= 15 is 0 Å². The number of allylic oxidation sites excluding steroid dienone is 1. The van der Waals surface area contributed by atoms with Crippen LogP contribution in [-0.4, -0.2) is 28.7 Å². The number of carbonyl (C=O) groups is 3. The molecule has 0 amide bonds. The van der Waals surface area contributed by atoms with Gasteiger partial charge in [-0.1, -0.05) is 36.4 Å². The Morgan fingerprint density at radius 3 is 2.04 bits per heavy atom. The maximum absolute atomic E-state index is 12.3. The summed E-state index contributed by atoms with van der Waals surface area (Å²) in [5, 5.41) is 8.82. The van der Waals surface area contributed by atoms with Crippen LogP contribution in [0.5, 0.6) is 5.75 Å². The first-order chi connectivity index (χ1) is 11.5. The molecule has 5 heteroatoms. The molecule has 1 unspecified atom stereocenters. The van der Waals surface area contributed by atoms with E-state index in [1.54, 1.807) is 48.5 Å². The van der Waals surface area contributed by atoms with Gasteiger partial charge in [0.15, 0.2) is 17.7 Å². The van der Waals surface area contributed by atoms with Gasteiger partial charge >= 0.3 is 5.97 Å². The predicted octanol–water partition coefficient (Wildman–Crippen LogP) is 3.00. The molecule has 0 aliphatic heterocycles. The smallest absolute Gasteiger partial charge is 0.344 e. The Morgan fingerprint density at radius 1 is 1.00 bits per heavy atom. The lowest BCUT2D eigenvalue weighted by atomic mass is 10.1. The topological polar surface area (TPSA) is 80.7 Å². The second-order valence-corrected chi connectivity index (χ2v) is 5.43. The number of ether oxygens (including phenoxy) is 1. The summed E-state index contributed by atoms with van der Waals surface area (Å²) in [7, 11) is 0. The molecule has 0 heterocycles. The minimum Gasteiger partial charge on any atom is -0.479 e. The number of aliphatic carboxylic acids is 1. The third-order valence-corrected chi connectivity index (χ3v) is 3.76. The zero-order valence-corrected chi connectivity index (χ0v) is 12.9. The average molecular weight is 322 g/mol. The Hall–Kier alpha value is -3.21. The van der Waals surface area contributed by atoms with Gasteiger partial charge in [-0.2, -0.15) is 0 Å². The largest absolute Gasteiger partial charge is 0.479 e. The highest BCUT2D eigenvalue weighted by atomic mass is 16.5. The first-order valence-electron chi connectivity index (χ1n) is 7.37. The molecular formula is C19H14O5. The molecule has 3 rings (SSSR count). The third-order valence-electron chi connectivity index (χ3n) is 3.76. The van der Waals surface area contributed by atoms with Gasteiger partial charge in [0.05, 0.1) is 5.57 Å². The maximum Gasteiger partial charge on any atom is 0.344 e. The second-order valence-electron chi connectivity index (χ2n) is 5.43. The minimum absolute atomic E-state index is 0.128. The van der Waals surface area contributed by atoms with E-state index < -0.39 is 12.1 Å². The molecule has 5 nitrogen and oxygen atoms in total. The molecule has 2 aromatic carbocycles. The number of Topliss-reactive ketones (excluding diaryl/α,β-unsaturated/α-hetero) is 2. The number of carbonyl (C=O) groups excluding carboxylic acids is 2. The van der Waals surface area contributed by atoms with Gasteiger partial charge in [0.1, 0.15) is 5.75 Å². The molecule has 0 saturated carbocycles. The Kier molecular flexibility index (Phi) is 4.00. The van der Waals surface area contributed by atoms with Crippen LogP contribution in [0.4, 0.5) is 0 Å². The van der Waals surface area contributed by atoms with Gasteiger partial charge in [-0.15, -0.1) is 0 Å². The quantitative estimate of drug-likeness (QED) is 0.691. The summed E-state index contributed by atoms with van der Waals surface area (Å²) in [5.41, 5.74) is 1.63. The van der Waals surface area contributed by atoms with Crippen molar-refractivity contribution in [2.75, 3.05) is 0 Å². The monoisotopic (exact) mass is 322 g/mol. The molecule has 0 fully saturated rings. The van der Waals surface area contributed by atoms with Crippen LogP contribution in [0.1, 0.15) is 33.2 Å². The number of ketones is 2. The molecule has 1 aliphatic rings. The van der Waals surface area contributed by atoms with E-state index in [0.717, 1.165) is 0 Å². The average Bonchev–Trinajstić information content (AvgIpc) is 2.82. The maximum atomic E-state index is 12.3. The number of carboxylic acid groups (broad SMARTS) is 1. The Morgan fingerprint density at radius 2 is 1.54 bits per heavy atom. The van der Waals surface area contributed by atoms with Gasteiger partial charge in [0.25, 0.3) is 0 Å². The molecule has 0 spiro atoms. The molecular weight excluding hydrogens is 308 g/mol. The van der Waals surface area contributed by atoms with Crippen LogP contribution in [0.2, 0.25) is 0 Å². The van der Waals surface area contributed by atoms with Crippen molar-refractivity contribution in [2.24, 2.45) is 0 Å². The summed E-state index contributed by atoms with van der Waals surface area (Å²) in [5.74, 6) is -1.22. The van der Waals surface area contributed by atoms with Gasteiger partial charge in [-0.05, 0) is 30.7 Å². The van der Waals surface area contributed by atoms with Crippen LogP contribution in [0.25, 0.3) is 6.08 Å². The van der Waals surface area contributed by atoms with E-state index in [1.807, 2.05) is 0 Å². The van der Waals surface area contributed by atoms with Crippen molar-refractivity contribution < 1.29 is 24.2 Å². The predicted molar refractivity (Wildman–Crippen MR) is 87.2 cm³/mol. The summed E-state index contributed by atoms with van der Waals surface area (Å²) in [6.07, 6.45) is 0.580. The van der Waals surface area contributed by atoms with Gasteiger partial charge in [-0.25, -0.2) is 4.79 Å². The SMILES string of the molecule is CC(Oc1ccc(C=C2C(=O)c3ccccc3C2=O)cc1)C(=O)O. The number of carboxylic acids is 1. The van der Waals surface area contributed by atoms with Crippen molar-refractivity contribution in [1.29, 1.82) is 0 Å². The van der Waals surface area contributed by atoms with E-state index in [1.165, 1.54) is 13.0 Å². The fourth-order valence-electron chi connectivity index (χ4n) is 2.47. The van der Waals surface area contributed by atoms with Crippen LogP contribution in [0.3, 0.4) is 0 Å². The summed E-state index contributed by atoms with van der Waals surface area (Å²) < 4.78 is 5.24. The summed E-state index contributed by atoms with van der Waals surface area (Å²) >= 11 is 0. The number of rotatable bonds is 4. The third kappa shape index (κ3) is 2.84. The standard InChI is InChI=1S/C19H14O5/c1-11(19(22)23)24-13-8-6-12(7-9-13)10-16-17(20)14-4-2-3-5-15(14)18(16)21/h2-11H,1H3,(H,22,23). The van der Waals surface area contributed by atoms with Crippen LogP contribution in [0, 0.1) is 0 Å². The fraction of sp³-hybridized carbons (Fsp3) is 0.105. The molecule has 0 radical (unpaired) electrons. The number of benzene rings is 2. The lowest BCUT2D eigenvalue weighted by molar-refractivity contribution is -0.144. The van der Waals surface area contributed by atoms with E-state index in [2.05, 4.69) is 0 Å². The van der Waals surface area contributed by atoms with Crippen molar-refractivity contribution in [2.45, 2.75) is 13.0 Å². The lowest BCUT2D eigenvalue weighted by Gasteiger charge is -2.10. The van der Waals surface area contributed by atoms with Crippen molar-refractivity contribution in [3.63, 3.8) is 0 Å². The summed E-state index contributed by atoms with van der Waals surface area (Å²) in [6.45, 7) is 1.44. The Balaban J connectivity index is 1.84. The van der Waals surface area contributed by atoms with Crippen LogP contribution < -0.4 is 4.74 Å². The molecule has 0 bridgehead atoms. The zero-order chi connectivity index (χ0) is 17.3. The molecule has 1 atom stereocenters. The minimum atomic E-state index is -1.05. The molecule has 0 aromatic heterocycles. The first kappa shape index (κ1) is 15.7. The van der Waals surface area contributed by atoms with E-state index in [4.69, 9.17) is 9.84 Å². The van der Waals surface area contributed by atoms with Gasteiger partial charge in [0.2, 0.25) is 0 Å². The lowest BCUT2D eigenvalue weighted by Crippen LogP contribution is -2.22. The van der Waals surface area contributed by atoms with Crippen molar-refractivity contribution >= 4 is 23.6 Å².